The Morgan fingerprint density at radius 2 is 2.50 bits per heavy atom. The molecule has 0 unspecified atom stereocenters. The van der Waals surface area contributed by atoms with Crippen LogP contribution in [0.5, 0.6) is 0 Å². The van der Waals surface area contributed by atoms with Crippen molar-refractivity contribution in [3.63, 3.8) is 0 Å². The van der Waals surface area contributed by atoms with Crippen LogP contribution in [0.2, 0.25) is 0 Å². The first kappa shape index (κ1) is 6.95. The highest BCUT2D eigenvalue weighted by Crippen LogP contribution is 1.79. The Bertz CT molecular complexity index is 114. The molecule has 0 aliphatic carbocycles. The summed E-state index contributed by atoms with van der Waals surface area (Å²) < 4.78 is 0. The highest BCUT2D eigenvalue weighted by molar-refractivity contribution is 5.79. The molecular formula is C6H7O2. The first-order chi connectivity index (χ1) is 3.77. The van der Waals surface area contributed by atoms with E-state index in [1.165, 1.54) is 0 Å². The predicted molar refractivity (Wildman–Crippen MR) is 30.3 cm³/mol. The minimum atomic E-state index is -0.966. The zero-order valence-electron chi connectivity index (χ0n) is 4.42. The number of carboxylic acids is 1. The van der Waals surface area contributed by atoms with Gasteiger partial charge < -0.3 is 5.11 Å². The van der Waals surface area contributed by atoms with E-state index in [1.54, 1.807) is 6.08 Å². The van der Waals surface area contributed by atoms with Gasteiger partial charge in [0, 0.05) is 6.08 Å². The number of carbonyl (C=O) groups is 1. The Morgan fingerprint density at radius 3 is 2.88 bits per heavy atom. The van der Waals surface area contributed by atoms with Crippen molar-refractivity contribution in [1.29, 1.82) is 0 Å². The van der Waals surface area contributed by atoms with Crippen LogP contribution in [0.3, 0.4) is 0 Å². The van der Waals surface area contributed by atoms with Gasteiger partial charge >= 0.3 is 5.97 Å². The van der Waals surface area contributed by atoms with Crippen LogP contribution in [-0.2, 0) is 4.79 Å². The summed E-state index contributed by atoms with van der Waals surface area (Å²) in [4.78, 5) is 9.72. The van der Waals surface area contributed by atoms with E-state index in [0.29, 0.717) is 6.42 Å². The van der Waals surface area contributed by atoms with Crippen molar-refractivity contribution in [3.05, 3.63) is 24.8 Å². The van der Waals surface area contributed by atoms with Gasteiger partial charge in [-0.2, -0.15) is 0 Å². The lowest BCUT2D eigenvalue weighted by Crippen LogP contribution is -1.84. The monoisotopic (exact) mass is 111 g/mol. The number of rotatable bonds is 3. The Labute approximate surface area is 48.1 Å². The molecule has 0 atom stereocenters. The first-order valence-corrected chi connectivity index (χ1v) is 2.18. The van der Waals surface area contributed by atoms with Gasteiger partial charge in [-0.3, -0.25) is 0 Å². The molecule has 0 heterocycles. The minimum absolute atomic E-state index is 0.492. The molecule has 1 radical (unpaired) electrons. The number of carboxylic acid groups (broad SMARTS) is 1. The standard InChI is InChI=1S/C6H7O2/c1-2-3-4-5-6(7)8/h2,5H,1,3H2,(H,7,8). The van der Waals surface area contributed by atoms with Crippen molar-refractivity contribution in [2.45, 2.75) is 6.42 Å². The second-order valence-corrected chi connectivity index (χ2v) is 1.18. The molecule has 0 aliphatic heterocycles. The summed E-state index contributed by atoms with van der Waals surface area (Å²) in [5.41, 5.74) is 0. The molecule has 0 spiro atoms. The molecule has 0 aromatic carbocycles. The van der Waals surface area contributed by atoms with Crippen LogP contribution in [-0.4, -0.2) is 11.1 Å². The Kier molecular flexibility index (Phi) is 3.58. The third-order valence-electron chi connectivity index (χ3n) is 0.488. The molecule has 0 bridgehead atoms. The van der Waals surface area contributed by atoms with Gasteiger partial charge in [0.1, 0.15) is 0 Å². The van der Waals surface area contributed by atoms with Crippen LogP contribution in [0.15, 0.2) is 18.7 Å². The largest absolute Gasteiger partial charge is 0.478 e. The lowest BCUT2D eigenvalue weighted by molar-refractivity contribution is -0.131. The zero-order valence-corrected chi connectivity index (χ0v) is 4.42. The van der Waals surface area contributed by atoms with Gasteiger partial charge in [0.25, 0.3) is 0 Å². The van der Waals surface area contributed by atoms with Gasteiger partial charge in [0.2, 0.25) is 0 Å². The summed E-state index contributed by atoms with van der Waals surface area (Å²) in [5, 5.41) is 7.99. The second-order valence-electron chi connectivity index (χ2n) is 1.18. The maximum absolute atomic E-state index is 9.72. The lowest BCUT2D eigenvalue weighted by atomic mass is 10.4. The molecule has 0 saturated heterocycles. The third kappa shape index (κ3) is 4.95. The van der Waals surface area contributed by atoms with E-state index < -0.39 is 5.97 Å². The van der Waals surface area contributed by atoms with Gasteiger partial charge in [0.05, 0.1) is 0 Å². The van der Waals surface area contributed by atoms with E-state index in [1.807, 2.05) is 0 Å². The third-order valence-corrected chi connectivity index (χ3v) is 0.488. The molecule has 0 aromatic heterocycles. The average Bonchev–Trinajstić information content (AvgIpc) is 1.66. The van der Waals surface area contributed by atoms with E-state index in [4.69, 9.17) is 5.11 Å². The highest BCUT2D eigenvalue weighted by Gasteiger charge is 1.80. The molecule has 0 amide bonds. The quantitative estimate of drug-likeness (QED) is 0.436. The fourth-order valence-electron chi connectivity index (χ4n) is 0.230. The van der Waals surface area contributed by atoms with E-state index in [2.05, 4.69) is 12.7 Å². The molecule has 43 valence electrons. The van der Waals surface area contributed by atoms with Crippen LogP contribution in [0.25, 0.3) is 0 Å². The molecule has 0 saturated carbocycles. The summed E-state index contributed by atoms with van der Waals surface area (Å²) >= 11 is 0. The smallest absolute Gasteiger partial charge is 0.328 e. The normalized spacial score (nSPS) is 9.50. The number of allylic oxidation sites excluding steroid dienone is 2. The van der Waals surface area contributed by atoms with E-state index in [-0.39, 0.29) is 0 Å². The summed E-state index contributed by atoms with van der Waals surface area (Å²) in [6.07, 6.45) is 5.54. The van der Waals surface area contributed by atoms with Crippen molar-refractivity contribution in [2.24, 2.45) is 0 Å². The molecule has 0 aliphatic rings. The SMILES string of the molecule is C=CC/[C]=C/C(=O)O. The molecule has 2 nitrogen and oxygen atoms in total. The minimum Gasteiger partial charge on any atom is -0.478 e. The van der Waals surface area contributed by atoms with Crippen LogP contribution < -0.4 is 0 Å². The van der Waals surface area contributed by atoms with Crippen molar-refractivity contribution in [1.82, 2.24) is 0 Å². The first-order valence-electron chi connectivity index (χ1n) is 2.18. The van der Waals surface area contributed by atoms with Gasteiger partial charge in [-0.15, -0.1) is 6.58 Å². The molecule has 8 heavy (non-hydrogen) atoms. The van der Waals surface area contributed by atoms with Gasteiger partial charge in [-0.25, -0.2) is 4.79 Å². The lowest BCUT2D eigenvalue weighted by Gasteiger charge is -1.74. The average molecular weight is 111 g/mol. The molecule has 2 heteroatoms. The van der Waals surface area contributed by atoms with Crippen LogP contribution in [0.4, 0.5) is 0 Å². The van der Waals surface area contributed by atoms with Gasteiger partial charge in [0.15, 0.2) is 0 Å². The Morgan fingerprint density at radius 1 is 1.88 bits per heavy atom. The van der Waals surface area contributed by atoms with E-state index >= 15 is 0 Å². The topological polar surface area (TPSA) is 37.3 Å². The summed E-state index contributed by atoms with van der Waals surface area (Å²) in [7, 11) is 0. The molecule has 0 rings (SSSR count). The van der Waals surface area contributed by atoms with Crippen molar-refractivity contribution in [3.8, 4) is 0 Å². The molecular weight excluding hydrogens is 104 g/mol. The summed E-state index contributed by atoms with van der Waals surface area (Å²) in [5.74, 6) is -0.966. The molecule has 1 N–H and O–H groups in total. The highest BCUT2D eigenvalue weighted by atomic mass is 16.4. The maximum atomic E-state index is 9.72. The second kappa shape index (κ2) is 4.12. The Balaban J connectivity index is 3.34. The van der Waals surface area contributed by atoms with Crippen molar-refractivity contribution < 1.29 is 9.90 Å². The van der Waals surface area contributed by atoms with Gasteiger partial charge in [-0.05, 0) is 12.5 Å². The van der Waals surface area contributed by atoms with Crippen LogP contribution in [0.1, 0.15) is 6.42 Å². The van der Waals surface area contributed by atoms with Gasteiger partial charge in [-0.1, -0.05) is 6.08 Å². The number of hydrogen-bond acceptors (Lipinski definition) is 1. The maximum Gasteiger partial charge on any atom is 0.328 e. The van der Waals surface area contributed by atoms with Crippen molar-refractivity contribution in [2.75, 3.05) is 0 Å². The predicted octanol–water partition coefficient (Wildman–Crippen LogP) is 1.01. The fourth-order valence-corrected chi connectivity index (χ4v) is 0.230. The van der Waals surface area contributed by atoms with E-state index in [0.717, 1.165) is 6.08 Å². The fraction of sp³-hybridized carbons (Fsp3) is 0.167. The van der Waals surface area contributed by atoms with Crippen molar-refractivity contribution >= 4 is 5.97 Å². The van der Waals surface area contributed by atoms with Crippen LogP contribution >= 0.6 is 0 Å². The summed E-state index contributed by atoms with van der Waals surface area (Å²) in [6, 6.07) is 0. The summed E-state index contributed by atoms with van der Waals surface area (Å²) in [6.45, 7) is 3.38. The van der Waals surface area contributed by atoms with Crippen LogP contribution in [0, 0.1) is 6.08 Å². The zero-order chi connectivity index (χ0) is 6.41. The Hall–Kier alpha value is -1.05. The number of aliphatic carboxylic acids is 1. The number of hydrogen-bond donors (Lipinski definition) is 1. The molecule has 0 aromatic rings. The molecule has 0 fully saturated rings. The van der Waals surface area contributed by atoms with E-state index in [9.17, 15) is 4.79 Å².